The number of hydrogen-bond donors (Lipinski definition) is 2. The average molecular weight is 284 g/mol. The molecule has 0 aliphatic heterocycles. The lowest BCUT2D eigenvalue weighted by atomic mass is 10.2. The number of amides is 1. The molecular formula is C17H20N2O2. The number of aryl methyl sites for hydroxylation is 1. The van der Waals surface area contributed by atoms with E-state index in [0.717, 1.165) is 5.69 Å². The Kier molecular flexibility index (Phi) is 4.82. The van der Waals surface area contributed by atoms with Crippen molar-refractivity contribution in [2.75, 3.05) is 17.7 Å². The third-order valence-electron chi connectivity index (χ3n) is 3.19. The van der Waals surface area contributed by atoms with Crippen LogP contribution >= 0.6 is 0 Å². The van der Waals surface area contributed by atoms with Crippen molar-refractivity contribution < 1.29 is 9.53 Å². The molecule has 2 aromatic carbocycles. The van der Waals surface area contributed by atoms with Crippen molar-refractivity contribution in [2.24, 2.45) is 0 Å². The highest BCUT2D eigenvalue weighted by molar-refractivity contribution is 5.97. The monoisotopic (exact) mass is 284 g/mol. The lowest BCUT2D eigenvalue weighted by molar-refractivity contribution is -0.116. The summed E-state index contributed by atoms with van der Waals surface area (Å²) >= 11 is 0. The molecule has 0 spiro atoms. The molecule has 0 saturated heterocycles. The lowest BCUT2D eigenvalue weighted by Crippen LogP contribution is -2.31. The van der Waals surface area contributed by atoms with E-state index >= 15 is 0 Å². The van der Waals surface area contributed by atoms with Crippen LogP contribution in [0.15, 0.2) is 48.5 Å². The summed E-state index contributed by atoms with van der Waals surface area (Å²) in [5, 5.41) is 6.04. The summed E-state index contributed by atoms with van der Waals surface area (Å²) in [5.74, 6) is 0.536. The van der Waals surface area contributed by atoms with E-state index in [1.54, 1.807) is 7.11 Å². The maximum atomic E-state index is 12.2. The number of para-hydroxylation sites is 2. The molecule has 0 aliphatic rings. The number of hydrogen-bond acceptors (Lipinski definition) is 3. The molecule has 1 amide bonds. The van der Waals surface area contributed by atoms with Crippen LogP contribution in [0.2, 0.25) is 0 Å². The first kappa shape index (κ1) is 14.9. The summed E-state index contributed by atoms with van der Waals surface area (Å²) in [6, 6.07) is 14.9. The number of carbonyl (C=O) groups is 1. The van der Waals surface area contributed by atoms with Crippen LogP contribution in [0.5, 0.6) is 5.75 Å². The normalized spacial score (nSPS) is 11.6. The van der Waals surface area contributed by atoms with Crippen LogP contribution in [-0.4, -0.2) is 19.1 Å². The third kappa shape index (κ3) is 3.99. The number of methoxy groups -OCH3 is 1. The lowest BCUT2D eigenvalue weighted by Gasteiger charge is -2.16. The van der Waals surface area contributed by atoms with Gasteiger partial charge in [0.05, 0.1) is 12.8 Å². The van der Waals surface area contributed by atoms with E-state index in [0.29, 0.717) is 11.4 Å². The Bertz CT molecular complexity index is 608. The number of ether oxygens (including phenoxy) is 1. The van der Waals surface area contributed by atoms with Crippen molar-refractivity contribution in [3.63, 3.8) is 0 Å². The molecule has 4 heteroatoms. The van der Waals surface area contributed by atoms with Crippen LogP contribution in [0.1, 0.15) is 12.5 Å². The zero-order chi connectivity index (χ0) is 15.2. The summed E-state index contributed by atoms with van der Waals surface area (Å²) in [4.78, 5) is 12.2. The predicted molar refractivity (Wildman–Crippen MR) is 85.9 cm³/mol. The molecule has 0 fully saturated rings. The SMILES string of the molecule is COc1ccccc1NC(=O)C(C)Nc1ccc(C)cc1. The summed E-state index contributed by atoms with van der Waals surface area (Å²) in [7, 11) is 1.58. The Hall–Kier alpha value is -2.49. The maximum absolute atomic E-state index is 12.2. The standard InChI is InChI=1S/C17H20N2O2/c1-12-8-10-14(11-9-12)18-13(2)17(20)19-15-6-4-5-7-16(15)21-3/h4-11,13,18H,1-3H3,(H,19,20). The Morgan fingerprint density at radius 2 is 1.76 bits per heavy atom. The Labute approximate surface area is 125 Å². The third-order valence-corrected chi connectivity index (χ3v) is 3.19. The van der Waals surface area contributed by atoms with Crippen molar-refractivity contribution in [1.82, 2.24) is 0 Å². The molecule has 110 valence electrons. The van der Waals surface area contributed by atoms with Crippen LogP contribution in [0, 0.1) is 6.92 Å². The van der Waals surface area contributed by atoms with Gasteiger partial charge in [-0.3, -0.25) is 4.79 Å². The number of anilines is 2. The molecule has 0 aliphatic carbocycles. The number of carbonyl (C=O) groups excluding carboxylic acids is 1. The van der Waals surface area contributed by atoms with E-state index in [2.05, 4.69) is 10.6 Å². The van der Waals surface area contributed by atoms with Gasteiger partial charge in [-0.2, -0.15) is 0 Å². The summed E-state index contributed by atoms with van der Waals surface area (Å²) < 4.78 is 5.22. The fraction of sp³-hybridized carbons (Fsp3) is 0.235. The van der Waals surface area contributed by atoms with Crippen LogP contribution < -0.4 is 15.4 Å². The number of nitrogens with one attached hydrogen (secondary N) is 2. The van der Waals surface area contributed by atoms with Gasteiger partial charge in [-0.25, -0.2) is 0 Å². The fourth-order valence-corrected chi connectivity index (χ4v) is 1.95. The van der Waals surface area contributed by atoms with Crippen molar-refractivity contribution in [1.29, 1.82) is 0 Å². The van der Waals surface area contributed by atoms with Crippen molar-refractivity contribution in [3.05, 3.63) is 54.1 Å². The van der Waals surface area contributed by atoms with Gasteiger partial charge in [0, 0.05) is 5.69 Å². The van der Waals surface area contributed by atoms with Crippen molar-refractivity contribution in [3.8, 4) is 5.75 Å². The minimum Gasteiger partial charge on any atom is -0.495 e. The average Bonchev–Trinajstić information content (AvgIpc) is 2.50. The molecule has 4 nitrogen and oxygen atoms in total. The first-order valence-corrected chi connectivity index (χ1v) is 6.87. The molecule has 1 unspecified atom stereocenters. The van der Waals surface area contributed by atoms with E-state index in [4.69, 9.17) is 4.74 Å². The minimum atomic E-state index is -0.349. The Balaban J connectivity index is 2.01. The molecule has 0 radical (unpaired) electrons. The second-order valence-corrected chi connectivity index (χ2v) is 4.92. The van der Waals surface area contributed by atoms with E-state index < -0.39 is 0 Å². The molecule has 0 saturated carbocycles. The van der Waals surface area contributed by atoms with Gasteiger partial charge in [-0.1, -0.05) is 29.8 Å². The smallest absolute Gasteiger partial charge is 0.246 e. The van der Waals surface area contributed by atoms with E-state index in [1.165, 1.54) is 5.56 Å². The first-order chi connectivity index (χ1) is 10.1. The zero-order valence-corrected chi connectivity index (χ0v) is 12.5. The highest BCUT2D eigenvalue weighted by Gasteiger charge is 2.14. The zero-order valence-electron chi connectivity index (χ0n) is 12.5. The van der Waals surface area contributed by atoms with Gasteiger partial charge < -0.3 is 15.4 Å². The molecule has 2 rings (SSSR count). The quantitative estimate of drug-likeness (QED) is 0.884. The number of rotatable bonds is 5. The van der Waals surface area contributed by atoms with Crippen molar-refractivity contribution in [2.45, 2.75) is 19.9 Å². The topological polar surface area (TPSA) is 50.4 Å². The van der Waals surface area contributed by atoms with E-state index in [-0.39, 0.29) is 11.9 Å². The number of benzene rings is 2. The second kappa shape index (κ2) is 6.79. The van der Waals surface area contributed by atoms with Crippen LogP contribution in [0.3, 0.4) is 0 Å². The second-order valence-electron chi connectivity index (χ2n) is 4.92. The molecule has 0 heterocycles. The molecule has 1 atom stereocenters. The molecule has 0 aromatic heterocycles. The molecule has 21 heavy (non-hydrogen) atoms. The summed E-state index contributed by atoms with van der Waals surface area (Å²) in [6.45, 7) is 3.85. The van der Waals surface area contributed by atoms with Gasteiger partial charge in [0.1, 0.15) is 11.8 Å². The van der Waals surface area contributed by atoms with Crippen LogP contribution in [-0.2, 0) is 4.79 Å². The highest BCUT2D eigenvalue weighted by Crippen LogP contribution is 2.23. The van der Waals surface area contributed by atoms with Gasteiger partial charge in [-0.15, -0.1) is 0 Å². The minimum absolute atomic E-state index is 0.111. The van der Waals surface area contributed by atoms with Gasteiger partial charge in [0.25, 0.3) is 0 Å². The molecule has 0 bridgehead atoms. The summed E-state index contributed by atoms with van der Waals surface area (Å²) in [6.07, 6.45) is 0. The largest absolute Gasteiger partial charge is 0.495 e. The highest BCUT2D eigenvalue weighted by atomic mass is 16.5. The van der Waals surface area contributed by atoms with E-state index in [9.17, 15) is 4.79 Å². The first-order valence-electron chi connectivity index (χ1n) is 6.87. The van der Waals surface area contributed by atoms with E-state index in [1.807, 2.05) is 62.4 Å². The predicted octanol–water partition coefficient (Wildman–Crippen LogP) is 3.44. The fourth-order valence-electron chi connectivity index (χ4n) is 1.95. The van der Waals surface area contributed by atoms with Crippen LogP contribution in [0.25, 0.3) is 0 Å². The molecule has 2 N–H and O–H groups in total. The maximum Gasteiger partial charge on any atom is 0.246 e. The molecule has 2 aromatic rings. The van der Waals surface area contributed by atoms with Gasteiger partial charge in [-0.05, 0) is 38.1 Å². The van der Waals surface area contributed by atoms with Gasteiger partial charge >= 0.3 is 0 Å². The van der Waals surface area contributed by atoms with Crippen LogP contribution in [0.4, 0.5) is 11.4 Å². The Morgan fingerprint density at radius 3 is 2.43 bits per heavy atom. The van der Waals surface area contributed by atoms with Gasteiger partial charge in [0.15, 0.2) is 0 Å². The van der Waals surface area contributed by atoms with Crippen molar-refractivity contribution >= 4 is 17.3 Å². The molecular weight excluding hydrogens is 264 g/mol. The van der Waals surface area contributed by atoms with Gasteiger partial charge in [0.2, 0.25) is 5.91 Å². The summed E-state index contributed by atoms with van der Waals surface area (Å²) in [5.41, 5.74) is 2.78. The Morgan fingerprint density at radius 1 is 1.10 bits per heavy atom.